The van der Waals surface area contributed by atoms with E-state index in [9.17, 15) is 4.79 Å². The smallest absolute Gasteiger partial charge is 0.324 e. The lowest BCUT2D eigenvalue weighted by molar-refractivity contribution is 0.202. The summed E-state index contributed by atoms with van der Waals surface area (Å²) in [6.45, 7) is 2.70. The number of carbonyl (C=O) groups is 1. The van der Waals surface area contributed by atoms with E-state index in [1.54, 1.807) is 33.3 Å². The highest BCUT2D eigenvalue weighted by Crippen LogP contribution is 2.34. The summed E-state index contributed by atoms with van der Waals surface area (Å²) in [6.07, 6.45) is 0. The molecule has 0 bridgehead atoms. The Hall–Kier alpha value is -3.61. The van der Waals surface area contributed by atoms with Crippen LogP contribution in [0.1, 0.15) is 0 Å². The van der Waals surface area contributed by atoms with Crippen LogP contribution in [-0.4, -0.2) is 65.5 Å². The minimum Gasteiger partial charge on any atom is -0.497 e. The molecule has 32 heavy (non-hydrogen) atoms. The molecule has 1 heterocycles. The lowest BCUT2D eigenvalue weighted by Gasteiger charge is -2.38. The molecule has 0 aromatic heterocycles. The van der Waals surface area contributed by atoms with Crippen LogP contribution in [0.15, 0.2) is 54.6 Å². The molecule has 0 aliphatic carbocycles. The molecule has 0 N–H and O–H groups in total. The molecular formula is C25H29N3O4. The Bertz CT molecular complexity index is 1090. The average Bonchev–Trinajstić information content (AvgIpc) is 2.86. The number of rotatable bonds is 5. The number of methoxy groups -OCH3 is 3. The van der Waals surface area contributed by atoms with E-state index in [4.69, 9.17) is 14.2 Å². The molecule has 0 saturated carbocycles. The topological polar surface area (TPSA) is 54.5 Å². The molecule has 0 spiro atoms. The summed E-state index contributed by atoms with van der Waals surface area (Å²) >= 11 is 0. The molecule has 1 saturated heterocycles. The van der Waals surface area contributed by atoms with Crippen molar-refractivity contribution in [2.75, 3.05) is 64.4 Å². The Balaban J connectivity index is 1.48. The molecule has 4 rings (SSSR count). The fourth-order valence-corrected chi connectivity index (χ4v) is 4.08. The molecule has 168 valence electrons. The fourth-order valence-electron chi connectivity index (χ4n) is 4.08. The number of nitrogens with zero attached hydrogens (tertiary/aromatic N) is 3. The number of hydrogen-bond donors (Lipinski definition) is 0. The molecule has 7 heteroatoms. The molecule has 3 aromatic carbocycles. The van der Waals surface area contributed by atoms with Crippen molar-refractivity contribution in [3.05, 3.63) is 54.6 Å². The molecule has 1 fully saturated rings. The second kappa shape index (κ2) is 9.26. The highest BCUT2D eigenvalue weighted by atomic mass is 16.5. The van der Waals surface area contributed by atoms with E-state index in [1.807, 2.05) is 59.5 Å². The molecule has 7 nitrogen and oxygen atoms in total. The van der Waals surface area contributed by atoms with E-state index in [0.717, 1.165) is 46.7 Å². The van der Waals surface area contributed by atoms with Crippen LogP contribution in [0.5, 0.6) is 17.2 Å². The van der Waals surface area contributed by atoms with Crippen LogP contribution in [0, 0.1) is 0 Å². The zero-order valence-corrected chi connectivity index (χ0v) is 19.0. The quantitative estimate of drug-likeness (QED) is 0.600. The van der Waals surface area contributed by atoms with Gasteiger partial charge < -0.3 is 24.0 Å². The molecule has 3 aromatic rings. The summed E-state index contributed by atoms with van der Waals surface area (Å²) in [7, 11) is 6.72. The lowest BCUT2D eigenvalue weighted by Crippen LogP contribution is -2.52. The standard InChI is InChI=1S/C25H29N3O4/c1-26(23-13-18-7-5-6-8-19(18)14-24(23)32-4)25(29)28-11-9-27(10-12-28)20-15-21(30-2)17-22(16-20)31-3/h5-8,13-17H,9-12H2,1-4H3. The zero-order valence-electron chi connectivity index (χ0n) is 19.0. The Morgan fingerprint density at radius 2 is 1.41 bits per heavy atom. The second-order valence-corrected chi connectivity index (χ2v) is 7.76. The van der Waals surface area contributed by atoms with E-state index in [-0.39, 0.29) is 6.03 Å². The van der Waals surface area contributed by atoms with Gasteiger partial charge in [-0.1, -0.05) is 24.3 Å². The normalized spacial score (nSPS) is 13.8. The van der Waals surface area contributed by atoms with Crippen molar-refractivity contribution < 1.29 is 19.0 Å². The first kappa shape index (κ1) is 21.6. The second-order valence-electron chi connectivity index (χ2n) is 7.76. The lowest BCUT2D eigenvalue weighted by atomic mass is 10.1. The summed E-state index contributed by atoms with van der Waals surface area (Å²) in [5.41, 5.74) is 1.79. The largest absolute Gasteiger partial charge is 0.497 e. The SMILES string of the molecule is COc1cc(OC)cc(N2CCN(C(=O)N(C)c3cc4ccccc4cc3OC)CC2)c1. The third-order valence-corrected chi connectivity index (χ3v) is 5.95. The first-order chi connectivity index (χ1) is 15.5. The van der Waals surface area contributed by atoms with Gasteiger partial charge in [-0.15, -0.1) is 0 Å². The van der Waals surface area contributed by atoms with Crippen molar-refractivity contribution in [3.63, 3.8) is 0 Å². The van der Waals surface area contributed by atoms with Gasteiger partial charge in [0.1, 0.15) is 17.2 Å². The first-order valence-electron chi connectivity index (χ1n) is 10.6. The van der Waals surface area contributed by atoms with Crippen LogP contribution in [0.3, 0.4) is 0 Å². The van der Waals surface area contributed by atoms with E-state index in [0.29, 0.717) is 18.8 Å². The van der Waals surface area contributed by atoms with E-state index < -0.39 is 0 Å². The van der Waals surface area contributed by atoms with Gasteiger partial charge in [0.25, 0.3) is 0 Å². The van der Waals surface area contributed by atoms with Crippen molar-refractivity contribution in [1.29, 1.82) is 0 Å². The number of amides is 2. The van der Waals surface area contributed by atoms with Crippen LogP contribution in [0.4, 0.5) is 16.2 Å². The molecule has 1 aliphatic heterocycles. The molecule has 0 unspecified atom stereocenters. The first-order valence-corrected chi connectivity index (χ1v) is 10.6. The third-order valence-electron chi connectivity index (χ3n) is 5.95. The molecule has 0 radical (unpaired) electrons. The van der Waals surface area contributed by atoms with E-state index >= 15 is 0 Å². The number of hydrogen-bond acceptors (Lipinski definition) is 5. The minimum absolute atomic E-state index is 0.0403. The van der Waals surface area contributed by atoms with Gasteiger partial charge in [-0.05, 0) is 22.9 Å². The number of carbonyl (C=O) groups excluding carboxylic acids is 1. The van der Waals surface area contributed by atoms with E-state index in [1.165, 1.54) is 0 Å². The number of urea groups is 1. The van der Waals surface area contributed by atoms with Crippen LogP contribution < -0.4 is 24.0 Å². The summed E-state index contributed by atoms with van der Waals surface area (Å²) in [5, 5.41) is 2.15. The van der Waals surface area contributed by atoms with Crippen molar-refractivity contribution in [2.24, 2.45) is 0 Å². The summed E-state index contributed by atoms with van der Waals surface area (Å²) < 4.78 is 16.4. The number of fused-ring (bicyclic) bond motifs is 1. The van der Waals surface area contributed by atoms with Crippen molar-refractivity contribution >= 4 is 28.2 Å². The van der Waals surface area contributed by atoms with E-state index in [2.05, 4.69) is 4.90 Å². The average molecular weight is 436 g/mol. The Kier molecular flexibility index (Phi) is 6.25. The third kappa shape index (κ3) is 4.23. The molecular weight excluding hydrogens is 406 g/mol. The maximum absolute atomic E-state index is 13.3. The molecule has 2 amide bonds. The minimum atomic E-state index is -0.0403. The van der Waals surface area contributed by atoms with Crippen LogP contribution in [0.2, 0.25) is 0 Å². The number of ether oxygens (including phenoxy) is 3. The van der Waals surface area contributed by atoms with Crippen molar-refractivity contribution in [3.8, 4) is 17.2 Å². The Labute approximate surface area is 188 Å². The van der Waals surface area contributed by atoms with Crippen molar-refractivity contribution in [1.82, 2.24) is 4.90 Å². The summed E-state index contributed by atoms with van der Waals surface area (Å²) in [4.78, 5) is 19.1. The highest BCUT2D eigenvalue weighted by molar-refractivity contribution is 5.97. The number of anilines is 2. The van der Waals surface area contributed by atoms with Gasteiger partial charge in [-0.2, -0.15) is 0 Å². The molecule has 1 aliphatic rings. The molecule has 0 atom stereocenters. The Morgan fingerprint density at radius 3 is 1.97 bits per heavy atom. The highest BCUT2D eigenvalue weighted by Gasteiger charge is 2.26. The number of piperazine rings is 1. The zero-order chi connectivity index (χ0) is 22.7. The number of benzene rings is 3. The summed E-state index contributed by atoms with van der Waals surface area (Å²) in [6, 6.07) is 17.8. The van der Waals surface area contributed by atoms with Gasteiger partial charge in [0.2, 0.25) is 0 Å². The monoisotopic (exact) mass is 435 g/mol. The van der Waals surface area contributed by atoms with Gasteiger partial charge in [-0.3, -0.25) is 4.90 Å². The van der Waals surface area contributed by atoms with Crippen molar-refractivity contribution in [2.45, 2.75) is 0 Å². The Morgan fingerprint density at radius 1 is 0.812 bits per heavy atom. The fraction of sp³-hybridized carbons (Fsp3) is 0.320. The summed E-state index contributed by atoms with van der Waals surface area (Å²) in [5.74, 6) is 2.18. The van der Waals surface area contributed by atoms with Crippen LogP contribution >= 0.6 is 0 Å². The van der Waals surface area contributed by atoms with Gasteiger partial charge in [0.15, 0.2) is 0 Å². The maximum Gasteiger partial charge on any atom is 0.324 e. The van der Waals surface area contributed by atoms with Gasteiger partial charge in [0.05, 0.1) is 27.0 Å². The van der Waals surface area contributed by atoms with Gasteiger partial charge in [0, 0.05) is 57.1 Å². The van der Waals surface area contributed by atoms with Crippen LogP contribution in [-0.2, 0) is 0 Å². The van der Waals surface area contributed by atoms with Gasteiger partial charge in [-0.25, -0.2) is 4.79 Å². The predicted molar refractivity (Wildman–Crippen MR) is 128 cm³/mol. The van der Waals surface area contributed by atoms with Gasteiger partial charge >= 0.3 is 6.03 Å². The van der Waals surface area contributed by atoms with Crippen LogP contribution in [0.25, 0.3) is 10.8 Å². The maximum atomic E-state index is 13.3. The predicted octanol–water partition coefficient (Wildman–Crippen LogP) is 4.24.